The molecule has 3 fully saturated rings. The Morgan fingerprint density at radius 3 is 2.88 bits per heavy atom. The van der Waals surface area contributed by atoms with E-state index in [0.717, 1.165) is 0 Å². The lowest BCUT2D eigenvalue weighted by Gasteiger charge is -2.43. The number of fused-ring (bicyclic) bond motifs is 2. The van der Waals surface area contributed by atoms with Gasteiger partial charge in [-0.2, -0.15) is 0 Å². The van der Waals surface area contributed by atoms with Crippen molar-refractivity contribution in [2.45, 2.75) is 37.1 Å². The van der Waals surface area contributed by atoms with E-state index in [2.05, 4.69) is 0 Å². The Morgan fingerprint density at radius 2 is 2.20 bits per heavy atom. The van der Waals surface area contributed by atoms with E-state index in [9.17, 15) is 19.5 Å². The smallest absolute Gasteiger partial charge is 0.310 e. The summed E-state index contributed by atoms with van der Waals surface area (Å²) in [6.45, 7) is 1.79. The molecule has 0 radical (unpaired) electrons. The molecule has 1 aromatic rings. The van der Waals surface area contributed by atoms with Crippen molar-refractivity contribution in [1.82, 2.24) is 4.90 Å². The quantitative estimate of drug-likeness (QED) is 0.810. The SMILES string of the molecule is C[C@H]1C(=O)C[C@@H](c2ccco2)N2C(=O)[C@@H]3[C@H](C(=O)O)[C@H]4C=C[C@@]3(O4)[C@@H]12. The predicted octanol–water partition coefficient (Wildman–Crippen LogP) is 1.16. The minimum atomic E-state index is -1.04. The maximum Gasteiger partial charge on any atom is 0.310 e. The van der Waals surface area contributed by atoms with Crippen LogP contribution in [0.1, 0.15) is 25.1 Å². The number of carboxylic acids is 1. The van der Waals surface area contributed by atoms with Crippen molar-refractivity contribution in [3.63, 3.8) is 0 Å². The summed E-state index contributed by atoms with van der Waals surface area (Å²) in [4.78, 5) is 39.3. The molecule has 5 rings (SSSR count). The van der Waals surface area contributed by atoms with Crippen LogP contribution in [0.5, 0.6) is 0 Å². The molecule has 4 aliphatic rings. The van der Waals surface area contributed by atoms with E-state index in [1.54, 1.807) is 36.1 Å². The molecule has 0 saturated carbocycles. The van der Waals surface area contributed by atoms with Crippen LogP contribution in [0.2, 0.25) is 0 Å². The average Bonchev–Trinajstić information content (AvgIpc) is 3.32. The van der Waals surface area contributed by atoms with Gasteiger partial charge in [-0.25, -0.2) is 0 Å². The predicted molar refractivity (Wildman–Crippen MR) is 82.2 cm³/mol. The molecule has 7 atom stereocenters. The average molecular weight is 343 g/mol. The summed E-state index contributed by atoms with van der Waals surface area (Å²) in [7, 11) is 0. The van der Waals surface area contributed by atoms with Gasteiger partial charge in [0.15, 0.2) is 0 Å². The van der Waals surface area contributed by atoms with Crippen molar-refractivity contribution < 1.29 is 28.6 Å². The van der Waals surface area contributed by atoms with E-state index in [1.165, 1.54) is 6.26 Å². The number of Topliss-reactive ketones (excluding diaryl/α,β-unsaturated/α-hetero) is 1. The number of nitrogens with zero attached hydrogens (tertiary/aromatic N) is 1. The highest BCUT2D eigenvalue weighted by atomic mass is 16.5. The third-order valence-corrected chi connectivity index (χ3v) is 6.24. The number of carbonyl (C=O) groups excluding carboxylic acids is 2. The monoisotopic (exact) mass is 343 g/mol. The normalized spacial score (nSPS) is 44.3. The minimum absolute atomic E-state index is 0.0321. The Hall–Kier alpha value is -2.41. The molecule has 4 aliphatic heterocycles. The fourth-order valence-corrected chi connectivity index (χ4v) is 5.25. The molecule has 7 heteroatoms. The van der Waals surface area contributed by atoms with Crippen LogP contribution in [0.25, 0.3) is 0 Å². The van der Waals surface area contributed by atoms with Crippen molar-refractivity contribution in [3.05, 3.63) is 36.3 Å². The maximum absolute atomic E-state index is 13.3. The van der Waals surface area contributed by atoms with Crippen molar-refractivity contribution in [3.8, 4) is 0 Å². The zero-order chi connectivity index (χ0) is 17.5. The Labute approximate surface area is 143 Å². The summed E-state index contributed by atoms with van der Waals surface area (Å²) in [6.07, 6.45) is 4.59. The number of hydrogen-bond donors (Lipinski definition) is 1. The Balaban J connectivity index is 1.67. The van der Waals surface area contributed by atoms with E-state index < -0.39 is 47.5 Å². The summed E-state index contributed by atoms with van der Waals surface area (Å²) in [5, 5.41) is 9.63. The number of rotatable bonds is 2. The first-order valence-electron chi connectivity index (χ1n) is 8.44. The summed E-state index contributed by atoms with van der Waals surface area (Å²) in [6, 6.07) is 2.44. The zero-order valence-corrected chi connectivity index (χ0v) is 13.5. The number of ether oxygens (including phenoxy) is 1. The van der Waals surface area contributed by atoms with E-state index in [-0.39, 0.29) is 18.1 Å². The molecular formula is C18H17NO6. The number of amides is 1. The molecule has 25 heavy (non-hydrogen) atoms. The van der Waals surface area contributed by atoms with Gasteiger partial charge in [0, 0.05) is 12.3 Å². The van der Waals surface area contributed by atoms with E-state index in [4.69, 9.17) is 9.15 Å². The van der Waals surface area contributed by atoms with Gasteiger partial charge in [-0.05, 0) is 12.1 Å². The third kappa shape index (κ3) is 1.62. The van der Waals surface area contributed by atoms with Crippen molar-refractivity contribution >= 4 is 17.7 Å². The Morgan fingerprint density at radius 1 is 1.40 bits per heavy atom. The largest absolute Gasteiger partial charge is 0.481 e. The van der Waals surface area contributed by atoms with Gasteiger partial charge in [0.05, 0.1) is 30.4 Å². The first kappa shape index (κ1) is 14.9. The van der Waals surface area contributed by atoms with Crippen LogP contribution in [0, 0.1) is 17.8 Å². The topological polar surface area (TPSA) is 97.1 Å². The van der Waals surface area contributed by atoms with Crippen molar-refractivity contribution in [2.24, 2.45) is 17.8 Å². The van der Waals surface area contributed by atoms with Gasteiger partial charge in [0.2, 0.25) is 5.91 Å². The Bertz CT molecular complexity index is 814. The van der Waals surface area contributed by atoms with Gasteiger partial charge in [-0.15, -0.1) is 0 Å². The molecule has 3 saturated heterocycles. The molecule has 1 spiro atoms. The molecule has 0 aromatic carbocycles. The number of piperidine rings is 1. The van der Waals surface area contributed by atoms with Crippen molar-refractivity contribution in [1.29, 1.82) is 0 Å². The van der Waals surface area contributed by atoms with E-state index in [1.807, 2.05) is 0 Å². The van der Waals surface area contributed by atoms with Gasteiger partial charge >= 0.3 is 5.97 Å². The molecule has 130 valence electrons. The van der Waals surface area contributed by atoms with E-state index >= 15 is 0 Å². The second-order valence-corrected chi connectivity index (χ2v) is 7.32. The number of carbonyl (C=O) groups is 3. The minimum Gasteiger partial charge on any atom is -0.481 e. The molecule has 0 aliphatic carbocycles. The standard InChI is InChI=1S/C18H17NO6/c1-8-10(20)7-9(11-3-2-6-24-11)19-15(8)18-5-4-12(25-18)13(17(22)23)14(18)16(19)21/h2-6,8-9,12-15H,7H2,1H3,(H,22,23)/t8-,9-,12+,13+,14-,15+,18-/m0/s1. The number of aliphatic carboxylic acids is 1. The van der Waals surface area contributed by atoms with Gasteiger partial charge in [-0.3, -0.25) is 14.4 Å². The lowest BCUT2D eigenvalue weighted by atomic mass is 9.71. The second kappa shape index (κ2) is 4.60. The lowest BCUT2D eigenvalue weighted by molar-refractivity contribution is -0.152. The van der Waals surface area contributed by atoms with Gasteiger partial charge in [0.1, 0.15) is 23.1 Å². The summed E-state index contributed by atoms with van der Waals surface area (Å²) < 4.78 is 11.5. The zero-order valence-electron chi connectivity index (χ0n) is 13.5. The lowest BCUT2D eigenvalue weighted by Crippen LogP contribution is -2.55. The molecule has 1 amide bonds. The highest BCUT2D eigenvalue weighted by molar-refractivity contribution is 5.95. The van der Waals surface area contributed by atoms with Gasteiger partial charge < -0.3 is 19.2 Å². The number of ketones is 1. The highest BCUT2D eigenvalue weighted by Gasteiger charge is 2.74. The molecule has 0 unspecified atom stereocenters. The van der Waals surface area contributed by atoms with E-state index in [0.29, 0.717) is 5.76 Å². The molecule has 5 heterocycles. The Kier molecular flexibility index (Phi) is 2.74. The first-order valence-corrected chi connectivity index (χ1v) is 8.44. The van der Waals surface area contributed by atoms with Gasteiger partial charge in [-0.1, -0.05) is 19.1 Å². The maximum atomic E-state index is 13.3. The molecule has 1 N–H and O–H groups in total. The van der Waals surface area contributed by atoms with Crippen LogP contribution in [-0.4, -0.2) is 45.4 Å². The van der Waals surface area contributed by atoms with Crippen LogP contribution in [0.3, 0.4) is 0 Å². The number of furan rings is 1. The fourth-order valence-electron chi connectivity index (χ4n) is 5.25. The summed E-state index contributed by atoms with van der Waals surface area (Å²) in [5.74, 6) is -2.85. The molecule has 7 nitrogen and oxygen atoms in total. The number of carboxylic acid groups (broad SMARTS) is 1. The van der Waals surface area contributed by atoms with Crippen LogP contribution in [0.15, 0.2) is 35.0 Å². The third-order valence-electron chi connectivity index (χ3n) is 6.24. The second-order valence-electron chi connectivity index (χ2n) is 7.32. The van der Waals surface area contributed by atoms with Crippen molar-refractivity contribution in [2.75, 3.05) is 0 Å². The molecule has 1 aromatic heterocycles. The first-order chi connectivity index (χ1) is 12.0. The summed E-state index contributed by atoms with van der Waals surface area (Å²) >= 11 is 0. The highest BCUT2D eigenvalue weighted by Crippen LogP contribution is 2.59. The van der Waals surface area contributed by atoms with Crippen LogP contribution >= 0.6 is 0 Å². The van der Waals surface area contributed by atoms with Crippen LogP contribution in [-0.2, 0) is 19.1 Å². The molecule has 2 bridgehead atoms. The molecular weight excluding hydrogens is 326 g/mol. The van der Waals surface area contributed by atoms with Crippen LogP contribution in [0.4, 0.5) is 0 Å². The van der Waals surface area contributed by atoms with Gasteiger partial charge in [0.25, 0.3) is 0 Å². The summed E-state index contributed by atoms with van der Waals surface area (Å²) in [5.41, 5.74) is -1.04. The fraction of sp³-hybridized carbons (Fsp3) is 0.500. The number of hydrogen-bond acceptors (Lipinski definition) is 5. The van der Waals surface area contributed by atoms with Crippen LogP contribution < -0.4 is 0 Å².